The second-order valence-electron chi connectivity index (χ2n) is 4.05. The maximum Gasteiger partial charge on any atom is 0.122 e. The number of hydrogen-bond donors (Lipinski definition) is 2. The molecule has 2 rings (SSSR count). The predicted octanol–water partition coefficient (Wildman–Crippen LogP) is 1.99. The molecule has 0 aliphatic rings. The second-order valence-corrected chi connectivity index (χ2v) is 4.97. The number of aromatic nitrogens is 2. The van der Waals surface area contributed by atoms with Gasteiger partial charge in [-0.25, -0.2) is 9.97 Å². The van der Waals surface area contributed by atoms with Gasteiger partial charge >= 0.3 is 0 Å². The number of ether oxygens (including phenoxy) is 1. The van der Waals surface area contributed by atoms with E-state index in [0.29, 0.717) is 6.42 Å². The minimum absolute atomic E-state index is 0.0654. The summed E-state index contributed by atoms with van der Waals surface area (Å²) in [5.74, 6) is 6.46. The van der Waals surface area contributed by atoms with Gasteiger partial charge in [-0.1, -0.05) is 15.9 Å². The van der Waals surface area contributed by atoms with Crippen molar-refractivity contribution < 1.29 is 4.74 Å². The lowest BCUT2D eigenvalue weighted by atomic mass is 10.0. The van der Waals surface area contributed by atoms with Crippen LogP contribution in [0.15, 0.2) is 41.4 Å². The predicted molar refractivity (Wildman–Crippen MR) is 76.5 cm³/mol. The van der Waals surface area contributed by atoms with Crippen molar-refractivity contribution in [3.8, 4) is 5.75 Å². The van der Waals surface area contributed by atoms with Crippen molar-refractivity contribution in [2.75, 3.05) is 7.11 Å². The third-order valence-corrected chi connectivity index (χ3v) is 3.34. The molecule has 0 fully saturated rings. The largest absolute Gasteiger partial charge is 0.496 e. The van der Waals surface area contributed by atoms with Crippen molar-refractivity contribution in [3.05, 3.63) is 52.5 Å². The molecular weight excluding hydrogens is 308 g/mol. The first-order valence-electron chi connectivity index (χ1n) is 5.78. The molecule has 100 valence electrons. The highest BCUT2D eigenvalue weighted by Crippen LogP contribution is 2.27. The number of hydrogen-bond acceptors (Lipinski definition) is 5. The smallest absolute Gasteiger partial charge is 0.122 e. The summed E-state index contributed by atoms with van der Waals surface area (Å²) in [6, 6.07) is 5.82. The lowest BCUT2D eigenvalue weighted by Crippen LogP contribution is -2.29. The number of nitrogens with zero attached hydrogens (tertiary/aromatic N) is 2. The average Bonchev–Trinajstić information content (AvgIpc) is 2.46. The van der Waals surface area contributed by atoms with Crippen molar-refractivity contribution in [1.82, 2.24) is 15.4 Å². The van der Waals surface area contributed by atoms with Crippen LogP contribution in [0, 0.1) is 0 Å². The summed E-state index contributed by atoms with van der Waals surface area (Å²) in [4.78, 5) is 8.02. The molecule has 5 nitrogen and oxygen atoms in total. The molecule has 0 radical (unpaired) electrons. The molecule has 0 bridgehead atoms. The van der Waals surface area contributed by atoms with Gasteiger partial charge in [0.2, 0.25) is 0 Å². The highest BCUT2D eigenvalue weighted by Gasteiger charge is 2.14. The van der Waals surface area contributed by atoms with Crippen LogP contribution in [0.25, 0.3) is 0 Å². The molecule has 0 amide bonds. The standard InChI is InChI=1S/C13H15BrN4O/c1-19-13-3-2-11(14)4-9(13)5-12(18-15)10-6-16-8-17-7-10/h2-4,6-8,12,18H,5,15H2,1H3. The van der Waals surface area contributed by atoms with E-state index in [4.69, 9.17) is 10.6 Å². The lowest BCUT2D eigenvalue weighted by molar-refractivity contribution is 0.405. The second kappa shape index (κ2) is 6.60. The lowest BCUT2D eigenvalue weighted by Gasteiger charge is -2.17. The summed E-state index contributed by atoms with van der Waals surface area (Å²) in [7, 11) is 1.66. The zero-order valence-corrected chi connectivity index (χ0v) is 12.1. The van der Waals surface area contributed by atoms with E-state index < -0.39 is 0 Å². The van der Waals surface area contributed by atoms with Crippen molar-refractivity contribution in [2.45, 2.75) is 12.5 Å². The molecule has 0 aliphatic heterocycles. The zero-order valence-electron chi connectivity index (χ0n) is 10.5. The van der Waals surface area contributed by atoms with E-state index in [9.17, 15) is 0 Å². The molecular formula is C13H15BrN4O. The Labute approximate surface area is 120 Å². The summed E-state index contributed by atoms with van der Waals surface area (Å²) in [5.41, 5.74) is 4.78. The summed E-state index contributed by atoms with van der Waals surface area (Å²) < 4.78 is 6.36. The highest BCUT2D eigenvalue weighted by atomic mass is 79.9. The third-order valence-electron chi connectivity index (χ3n) is 2.85. The van der Waals surface area contributed by atoms with Crippen LogP contribution in [0.3, 0.4) is 0 Å². The molecule has 2 aromatic rings. The molecule has 0 saturated carbocycles. The van der Waals surface area contributed by atoms with Crippen LogP contribution in [0.4, 0.5) is 0 Å². The minimum atomic E-state index is -0.0654. The van der Waals surface area contributed by atoms with Gasteiger partial charge < -0.3 is 4.74 Å². The van der Waals surface area contributed by atoms with Gasteiger partial charge in [-0.3, -0.25) is 11.3 Å². The van der Waals surface area contributed by atoms with E-state index in [0.717, 1.165) is 21.3 Å². The Morgan fingerprint density at radius 1 is 1.37 bits per heavy atom. The number of benzene rings is 1. The molecule has 3 N–H and O–H groups in total. The van der Waals surface area contributed by atoms with Gasteiger partial charge in [0.1, 0.15) is 12.1 Å². The molecule has 6 heteroatoms. The van der Waals surface area contributed by atoms with Crippen LogP contribution in [0.2, 0.25) is 0 Å². The Kier molecular flexibility index (Phi) is 4.84. The normalized spacial score (nSPS) is 12.2. The number of methoxy groups -OCH3 is 1. The molecule has 19 heavy (non-hydrogen) atoms. The van der Waals surface area contributed by atoms with E-state index in [1.165, 1.54) is 6.33 Å². The molecule has 1 aromatic carbocycles. The maximum atomic E-state index is 5.62. The Bertz CT molecular complexity index is 535. The van der Waals surface area contributed by atoms with Gasteiger partial charge in [0, 0.05) is 22.4 Å². The summed E-state index contributed by atoms with van der Waals surface area (Å²) in [6.07, 6.45) is 5.69. The van der Waals surface area contributed by atoms with Gasteiger partial charge in [0.25, 0.3) is 0 Å². The minimum Gasteiger partial charge on any atom is -0.496 e. The SMILES string of the molecule is COc1ccc(Br)cc1CC(NN)c1cncnc1. The molecule has 1 unspecified atom stereocenters. The van der Waals surface area contributed by atoms with Gasteiger partial charge in [0.15, 0.2) is 0 Å². The fourth-order valence-electron chi connectivity index (χ4n) is 1.89. The van der Waals surface area contributed by atoms with Gasteiger partial charge in [-0.2, -0.15) is 0 Å². The summed E-state index contributed by atoms with van der Waals surface area (Å²) in [6.45, 7) is 0. The van der Waals surface area contributed by atoms with Gasteiger partial charge in [-0.15, -0.1) is 0 Å². The summed E-state index contributed by atoms with van der Waals surface area (Å²) in [5, 5.41) is 0. The number of nitrogens with two attached hydrogens (primary N) is 1. The molecule has 0 spiro atoms. The first kappa shape index (κ1) is 13.9. The third kappa shape index (κ3) is 3.50. The van der Waals surface area contributed by atoms with Crippen molar-refractivity contribution in [2.24, 2.45) is 5.84 Å². The van der Waals surface area contributed by atoms with E-state index in [-0.39, 0.29) is 6.04 Å². The number of halogens is 1. The van der Waals surface area contributed by atoms with E-state index in [1.807, 2.05) is 18.2 Å². The van der Waals surface area contributed by atoms with Crippen LogP contribution in [0.5, 0.6) is 5.75 Å². The number of nitrogens with one attached hydrogen (secondary N) is 1. The van der Waals surface area contributed by atoms with Crippen LogP contribution in [-0.4, -0.2) is 17.1 Å². The highest BCUT2D eigenvalue weighted by molar-refractivity contribution is 9.10. The van der Waals surface area contributed by atoms with Crippen LogP contribution in [0.1, 0.15) is 17.2 Å². The van der Waals surface area contributed by atoms with Crippen molar-refractivity contribution in [1.29, 1.82) is 0 Å². The van der Waals surface area contributed by atoms with Crippen molar-refractivity contribution in [3.63, 3.8) is 0 Å². The van der Waals surface area contributed by atoms with Crippen LogP contribution in [-0.2, 0) is 6.42 Å². The monoisotopic (exact) mass is 322 g/mol. The van der Waals surface area contributed by atoms with Crippen molar-refractivity contribution >= 4 is 15.9 Å². The zero-order chi connectivity index (χ0) is 13.7. The average molecular weight is 323 g/mol. The Balaban J connectivity index is 2.26. The number of rotatable bonds is 5. The summed E-state index contributed by atoms with van der Waals surface area (Å²) >= 11 is 3.46. The fraction of sp³-hybridized carbons (Fsp3) is 0.231. The quantitative estimate of drug-likeness (QED) is 0.650. The van der Waals surface area contributed by atoms with Gasteiger partial charge in [0.05, 0.1) is 13.2 Å². The van der Waals surface area contributed by atoms with Crippen LogP contribution >= 0.6 is 15.9 Å². The Hall–Kier alpha value is -1.50. The molecule has 0 saturated heterocycles. The molecule has 0 aliphatic carbocycles. The Morgan fingerprint density at radius 3 is 2.74 bits per heavy atom. The van der Waals surface area contributed by atoms with Gasteiger partial charge in [-0.05, 0) is 30.2 Å². The van der Waals surface area contributed by atoms with Crippen LogP contribution < -0.4 is 16.0 Å². The van der Waals surface area contributed by atoms with E-state index in [1.54, 1.807) is 19.5 Å². The Morgan fingerprint density at radius 2 is 2.11 bits per heavy atom. The number of hydrazine groups is 1. The molecule has 1 heterocycles. The van der Waals surface area contributed by atoms with E-state index >= 15 is 0 Å². The topological polar surface area (TPSA) is 73.1 Å². The molecule has 1 atom stereocenters. The fourth-order valence-corrected chi connectivity index (χ4v) is 2.30. The van der Waals surface area contributed by atoms with E-state index in [2.05, 4.69) is 31.3 Å². The first-order valence-corrected chi connectivity index (χ1v) is 6.57. The molecule has 1 aromatic heterocycles. The maximum absolute atomic E-state index is 5.62. The first-order chi connectivity index (χ1) is 9.24.